The number of thioether (sulfide) groups is 2. The molecule has 0 aromatic heterocycles. The van der Waals surface area contributed by atoms with E-state index in [1.807, 2.05) is 19.1 Å². The SMILES string of the molecule is Cc1ccc(CCOC(=O)CCSCCC(=O)OCCc2ccc(O)c(O)c2)cc1O.I.II.I[I-]I.O=C(O)CCSCCC(=O)O.OCCc1ccc(O)c(O)c1. The van der Waals surface area contributed by atoms with Crippen molar-refractivity contribution in [3.8, 4) is 28.7 Å². The van der Waals surface area contributed by atoms with Crippen molar-refractivity contribution < 1.29 is 82.8 Å². The Kier molecular flexibility index (Phi) is 44.3. The molecule has 0 atom stereocenters. The van der Waals surface area contributed by atoms with Crippen LogP contribution in [0.1, 0.15) is 47.9 Å². The van der Waals surface area contributed by atoms with Crippen LogP contribution in [0.25, 0.3) is 0 Å². The topological polar surface area (TPSA) is 249 Å². The first-order valence-electron chi connectivity index (χ1n) is 17.0. The molecule has 22 heteroatoms. The van der Waals surface area contributed by atoms with Gasteiger partial charge in [0.1, 0.15) is 5.75 Å². The number of carboxylic acid groups (broad SMARTS) is 2. The van der Waals surface area contributed by atoms with Gasteiger partial charge in [-0.15, -0.1) is 24.0 Å². The standard InChI is InChI=1S/C23H28O7S.C8H10O3.C6H10O4S.I3.I2.HI/c1-16-2-3-17(14-20(16)25)6-10-29-22(27)8-12-31-13-9-23(28)30-11-7-18-4-5-19(24)21(26)15-18;9-4-3-6-1-2-7(10)8(11)5-6;7-5(8)1-3-11-4-2-6(9)10;1-3-2;1-2;/h2-5,14-15,24-26H,6-13H2,1H3;1-2,5,9-11H,3-4H2;1-4H2,(H,7,8)(H,9,10);;;1H/q;;;-1;;. The van der Waals surface area contributed by atoms with Crippen molar-refractivity contribution in [2.24, 2.45) is 0 Å². The Morgan fingerprint density at radius 1 is 0.576 bits per heavy atom. The number of ether oxygens (including phenoxy) is 2. The number of benzene rings is 3. The zero-order chi connectivity index (χ0) is 44.3. The first-order valence-corrected chi connectivity index (χ1v) is 38.1. The van der Waals surface area contributed by atoms with Crippen LogP contribution in [0, 0.1) is 6.92 Å². The Bertz CT molecular complexity index is 1540. The van der Waals surface area contributed by atoms with E-state index in [1.54, 1.807) is 18.2 Å². The van der Waals surface area contributed by atoms with E-state index in [4.69, 9.17) is 35.0 Å². The minimum atomic E-state index is -0.840. The number of phenols is 5. The van der Waals surface area contributed by atoms with Gasteiger partial charge >= 0.3 is 74.4 Å². The zero-order valence-electron chi connectivity index (χ0n) is 31.7. The quantitative estimate of drug-likeness (QED) is 0.0281. The molecule has 0 unspecified atom stereocenters. The molecule has 0 saturated carbocycles. The molecule has 59 heavy (non-hydrogen) atoms. The van der Waals surface area contributed by atoms with E-state index in [2.05, 4.69) is 74.5 Å². The average Bonchev–Trinajstić information content (AvgIpc) is 3.17. The second kappa shape index (κ2) is 41.6. The number of carbonyl (C=O) groups excluding carboxylic acids is 2. The molecule has 0 aliphatic rings. The maximum atomic E-state index is 11.8. The third-order valence-corrected chi connectivity index (χ3v) is 8.85. The molecule has 3 rings (SSSR count). The van der Waals surface area contributed by atoms with Gasteiger partial charge < -0.3 is 50.3 Å². The first-order chi connectivity index (χ1) is 27.6. The van der Waals surface area contributed by atoms with Crippen molar-refractivity contribution in [2.45, 2.75) is 51.9 Å². The molecule has 3 aromatic rings. The molecule has 0 amide bonds. The molecule has 0 saturated heterocycles. The summed E-state index contributed by atoms with van der Waals surface area (Å²) in [7, 11) is 0. The molecule has 3 aromatic carbocycles. The van der Waals surface area contributed by atoms with E-state index >= 15 is 0 Å². The van der Waals surface area contributed by atoms with Crippen LogP contribution < -0.4 is 13.3 Å². The van der Waals surface area contributed by atoms with Crippen LogP contribution in [-0.2, 0) is 47.9 Å². The number of aliphatic carboxylic acids is 2. The van der Waals surface area contributed by atoms with Crippen LogP contribution in [0.15, 0.2) is 54.6 Å². The van der Waals surface area contributed by atoms with Crippen LogP contribution in [0.4, 0.5) is 0 Å². The predicted molar refractivity (Wildman–Crippen MR) is 272 cm³/mol. The normalized spacial score (nSPS) is 9.66. The first kappa shape index (κ1) is 62.9. The van der Waals surface area contributed by atoms with E-state index in [0.717, 1.165) is 22.3 Å². The van der Waals surface area contributed by atoms with Gasteiger partial charge in [0, 0.05) is 79.7 Å². The van der Waals surface area contributed by atoms with Gasteiger partial charge in [-0.3, -0.25) is 19.2 Å². The number of hydrogen-bond donors (Lipinski definition) is 8. The smallest absolute Gasteiger partial charge is 0.304 e. The fourth-order valence-corrected chi connectivity index (χ4v) is 5.60. The molecule has 336 valence electrons. The summed E-state index contributed by atoms with van der Waals surface area (Å²) >= 11 is 12.4. The zero-order valence-corrected chi connectivity index (χ0v) is 46.5. The Morgan fingerprint density at radius 3 is 1.25 bits per heavy atom. The third-order valence-electron chi connectivity index (χ3n) is 6.88. The van der Waals surface area contributed by atoms with Gasteiger partial charge in [-0.2, -0.15) is 23.5 Å². The van der Waals surface area contributed by atoms with E-state index in [0.29, 0.717) is 55.5 Å². The number of hydrogen-bond acceptors (Lipinski definition) is 14. The number of carboxylic acids is 2. The Balaban J connectivity index is -0.000000915. The van der Waals surface area contributed by atoms with Gasteiger partial charge in [0.05, 0.1) is 38.9 Å². The molecule has 14 nitrogen and oxygen atoms in total. The number of rotatable bonds is 20. The summed E-state index contributed by atoms with van der Waals surface area (Å²) in [6.45, 7) is 2.32. The number of phenolic OH excluding ortho intramolecular Hbond substituents is 5. The van der Waals surface area contributed by atoms with Crippen molar-refractivity contribution in [3.63, 3.8) is 0 Å². The maximum Gasteiger partial charge on any atom is 0.304 e. The van der Waals surface area contributed by atoms with Gasteiger partial charge in [0.2, 0.25) is 0 Å². The Morgan fingerprint density at radius 2 is 0.915 bits per heavy atom. The monoisotopic (exact) mass is 1540 g/mol. The van der Waals surface area contributed by atoms with Crippen molar-refractivity contribution in [1.29, 1.82) is 0 Å². The summed E-state index contributed by atoms with van der Waals surface area (Å²) in [6, 6.07) is 14.4. The molecule has 0 heterocycles. The van der Waals surface area contributed by atoms with Gasteiger partial charge in [-0.05, 0) is 65.9 Å². The van der Waals surface area contributed by atoms with Gasteiger partial charge in [-0.1, -0.05) is 24.3 Å². The van der Waals surface area contributed by atoms with E-state index in [1.165, 1.54) is 47.8 Å². The summed E-state index contributed by atoms with van der Waals surface area (Å²) in [4.78, 5) is 43.4. The number of halogens is 6. The van der Waals surface area contributed by atoms with E-state index in [-0.39, 0.29) is 110 Å². The molecule has 0 spiro atoms. The number of esters is 2. The molecule has 0 aliphatic heterocycles. The second-order valence-electron chi connectivity index (χ2n) is 11.2. The molecule has 0 fully saturated rings. The van der Waals surface area contributed by atoms with Crippen molar-refractivity contribution >= 4 is 146 Å². The average molecular weight is 1540 g/mol. The van der Waals surface area contributed by atoms with Gasteiger partial charge in [-0.25, -0.2) is 0 Å². The molecule has 0 bridgehead atoms. The Labute approximate surface area is 423 Å². The third kappa shape index (κ3) is 36.7. The molecular weight excluding hydrogens is 1490 g/mol. The van der Waals surface area contributed by atoms with Crippen LogP contribution in [0.5, 0.6) is 28.7 Å². The van der Waals surface area contributed by atoms with Crippen LogP contribution in [0.2, 0.25) is 0 Å². The Hall–Kier alpha value is -0.420. The van der Waals surface area contributed by atoms with E-state index < -0.39 is 11.9 Å². The summed E-state index contributed by atoms with van der Waals surface area (Å²) in [6.07, 6.45) is 2.20. The van der Waals surface area contributed by atoms with Gasteiger partial charge in [0.15, 0.2) is 23.0 Å². The molecule has 8 N–H and O–H groups in total. The number of aromatic hydroxyl groups is 5. The molecule has 0 aliphatic carbocycles. The van der Waals surface area contributed by atoms with Gasteiger partial charge in [0.25, 0.3) is 0 Å². The summed E-state index contributed by atoms with van der Waals surface area (Å²) in [5.74, 6) is -0.629. The minimum Gasteiger partial charge on any atom is -0.504 e. The van der Waals surface area contributed by atoms with Crippen LogP contribution in [0.3, 0.4) is 0 Å². The van der Waals surface area contributed by atoms with Crippen LogP contribution in [-0.4, -0.2) is 108 Å². The fraction of sp³-hybridized carbons (Fsp3) is 0.405. The van der Waals surface area contributed by atoms with Crippen molar-refractivity contribution in [3.05, 3.63) is 76.9 Å². The number of aliphatic hydroxyl groups is 1. The molecular formula is C37H49I6O14S2-. The number of aryl methyl sites for hydroxylation is 1. The summed E-state index contributed by atoms with van der Waals surface area (Å²) in [5, 5.41) is 71.2. The second-order valence-corrected chi connectivity index (χ2v) is 29.9. The number of carbonyl (C=O) groups is 4. The van der Waals surface area contributed by atoms with Crippen molar-refractivity contribution in [2.75, 3.05) is 42.8 Å². The largest absolute Gasteiger partial charge is 0.504 e. The van der Waals surface area contributed by atoms with Crippen LogP contribution >= 0.6 is 122 Å². The minimum absolute atomic E-state index is 0. The fourth-order valence-electron chi connectivity index (χ4n) is 3.93. The van der Waals surface area contributed by atoms with E-state index in [9.17, 15) is 34.5 Å². The predicted octanol–water partition coefficient (Wildman–Crippen LogP) is 5.96. The molecule has 0 radical (unpaired) electrons. The summed E-state index contributed by atoms with van der Waals surface area (Å²) in [5.41, 5.74) is 3.28. The maximum absolute atomic E-state index is 11.8. The number of aliphatic hydroxyl groups excluding tert-OH is 1. The van der Waals surface area contributed by atoms with Crippen molar-refractivity contribution in [1.82, 2.24) is 0 Å². The summed E-state index contributed by atoms with van der Waals surface area (Å²) < 4.78 is 10.3.